The molecule has 4 heteroatoms. The molecule has 0 aliphatic carbocycles. The molecule has 0 saturated carbocycles. The first-order valence-electron chi connectivity index (χ1n) is 6.62. The van der Waals surface area contributed by atoms with E-state index >= 15 is 0 Å². The van der Waals surface area contributed by atoms with Crippen LogP contribution in [-0.4, -0.2) is 18.3 Å². The number of alkyl carbamates (subject to hydrolysis) is 1. The molecule has 0 radical (unpaired) electrons. The Morgan fingerprint density at radius 2 is 2.25 bits per heavy atom. The summed E-state index contributed by atoms with van der Waals surface area (Å²) in [4.78, 5) is 11.9. The summed E-state index contributed by atoms with van der Waals surface area (Å²) in [6.07, 6.45) is 5.66. The number of hydrogen-bond donors (Lipinski definition) is 1. The van der Waals surface area contributed by atoms with Crippen molar-refractivity contribution in [2.45, 2.75) is 38.8 Å². The molecule has 0 spiro atoms. The second kappa shape index (κ2) is 5.46. The minimum Gasteiger partial charge on any atom is -0.493 e. The number of carbonyl (C=O) groups is 1. The molecule has 1 N–H and O–H groups in total. The lowest BCUT2D eigenvalue weighted by atomic mass is 9.99. The molecule has 1 aromatic rings. The van der Waals surface area contributed by atoms with Crippen LogP contribution in [0.4, 0.5) is 4.79 Å². The van der Waals surface area contributed by atoms with Gasteiger partial charge in [-0.2, -0.15) is 0 Å². The van der Waals surface area contributed by atoms with E-state index in [1.54, 1.807) is 0 Å². The van der Waals surface area contributed by atoms with Crippen LogP contribution < -0.4 is 10.1 Å². The van der Waals surface area contributed by atoms with Crippen molar-refractivity contribution in [3.8, 4) is 18.1 Å². The molecule has 1 atom stereocenters. The maximum absolute atomic E-state index is 11.9. The van der Waals surface area contributed by atoms with Crippen LogP contribution in [0.25, 0.3) is 0 Å². The number of benzene rings is 1. The summed E-state index contributed by atoms with van der Waals surface area (Å²) < 4.78 is 10.9. The van der Waals surface area contributed by atoms with Gasteiger partial charge in [0.1, 0.15) is 11.4 Å². The van der Waals surface area contributed by atoms with E-state index in [-0.39, 0.29) is 6.04 Å². The number of amides is 1. The molecule has 1 aliphatic heterocycles. The summed E-state index contributed by atoms with van der Waals surface area (Å²) in [5.74, 6) is 3.30. The van der Waals surface area contributed by atoms with E-state index in [1.165, 1.54) is 0 Å². The molecule has 1 aliphatic rings. The Morgan fingerprint density at radius 1 is 1.50 bits per heavy atom. The number of carbonyl (C=O) groups excluding carboxylic acids is 1. The summed E-state index contributed by atoms with van der Waals surface area (Å²) in [5, 5.41) is 2.88. The Labute approximate surface area is 119 Å². The van der Waals surface area contributed by atoms with Gasteiger partial charge < -0.3 is 14.8 Å². The molecule has 20 heavy (non-hydrogen) atoms. The van der Waals surface area contributed by atoms with Gasteiger partial charge in [0, 0.05) is 17.5 Å². The Bertz CT molecular complexity index is 552. The molecule has 2 rings (SSSR count). The van der Waals surface area contributed by atoms with Crippen molar-refractivity contribution in [2.24, 2.45) is 0 Å². The molecule has 0 bridgehead atoms. The monoisotopic (exact) mass is 273 g/mol. The lowest BCUT2D eigenvalue weighted by molar-refractivity contribution is 0.0491. The van der Waals surface area contributed by atoms with Gasteiger partial charge >= 0.3 is 6.09 Å². The number of nitrogens with one attached hydrogen (secondary N) is 1. The Balaban J connectivity index is 2.13. The van der Waals surface area contributed by atoms with Crippen LogP contribution in [0.3, 0.4) is 0 Å². The van der Waals surface area contributed by atoms with Crippen molar-refractivity contribution in [2.75, 3.05) is 6.61 Å². The highest BCUT2D eigenvalue weighted by atomic mass is 16.6. The zero-order valence-electron chi connectivity index (χ0n) is 12.0. The van der Waals surface area contributed by atoms with Crippen LogP contribution in [0.1, 0.15) is 44.4 Å². The van der Waals surface area contributed by atoms with Crippen molar-refractivity contribution >= 4 is 6.09 Å². The van der Waals surface area contributed by atoms with E-state index < -0.39 is 11.7 Å². The Hall–Kier alpha value is -2.15. The van der Waals surface area contributed by atoms with Crippen LogP contribution in [-0.2, 0) is 4.74 Å². The SMILES string of the molecule is C#Cc1ccc2c(c1)OCC[C@H]2NC(=O)OC(C)(C)C. The zero-order valence-corrected chi connectivity index (χ0v) is 12.0. The van der Waals surface area contributed by atoms with Crippen LogP contribution in [0.2, 0.25) is 0 Å². The molecular formula is C16H19NO3. The van der Waals surface area contributed by atoms with E-state index in [1.807, 2.05) is 39.0 Å². The van der Waals surface area contributed by atoms with Gasteiger partial charge in [-0.25, -0.2) is 4.79 Å². The predicted molar refractivity (Wildman–Crippen MR) is 76.6 cm³/mol. The first-order valence-corrected chi connectivity index (χ1v) is 6.62. The molecule has 1 amide bonds. The molecule has 0 aromatic heterocycles. The molecule has 1 aromatic carbocycles. The van der Waals surface area contributed by atoms with E-state index in [4.69, 9.17) is 15.9 Å². The smallest absolute Gasteiger partial charge is 0.408 e. The minimum absolute atomic E-state index is 0.111. The lowest BCUT2D eigenvalue weighted by Gasteiger charge is -2.28. The summed E-state index contributed by atoms with van der Waals surface area (Å²) in [7, 11) is 0. The van der Waals surface area contributed by atoms with Gasteiger partial charge in [-0.1, -0.05) is 12.0 Å². The van der Waals surface area contributed by atoms with Gasteiger partial charge in [0.2, 0.25) is 0 Å². The van der Waals surface area contributed by atoms with Crippen LogP contribution >= 0.6 is 0 Å². The second-order valence-electron chi connectivity index (χ2n) is 5.73. The van der Waals surface area contributed by atoms with Crippen molar-refractivity contribution < 1.29 is 14.3 Å². The van der Waals surface area contributed by atoms with Crippen molar-refractivity contribution in [3.63, 3.8) is 0 Å². The van der Waals surface area contributed by atoms with Crippen LogP contribution in [0.5, 0.6) is 5.75 Å². The Morgan fingerprint density at radius 3 is 2.90 bits per heavy atom. The predicted octanol–water partition coefficient (Wildman–Crippen LogP) is 3.02. The topological polar surface area (TPSA) is 47.6 Å². The van der Waals surface area contributed by atoms with Gasteiger partial charge in [-0.3, -0.25) is 0 Å². The van der Waals surface area contributed by atoms with E-state index in [9.17, 15) is 4.79 Å². The van der Waals surface area contributed by atoms with E-state index in [0.717, 1.165) is 16.9 Å². The molecule has 0 saturated heterocycles. The highest BCUT2D eigenvalue weighted by Crippen LogP contribution is 2.32. The standard InChI is InChI=1S/C16H19NO3/c1-5-11-6-7-12-13(8-9-19-14(12)10-11)17-15(18)20-16(2,3)4/h1,6-7,10,13H,8-9H2,2-4H3,(H,17,18)/t13-/m1/s1. The maximum atomic E-state index is 11.9. The largest absolute Gasteiger partial charge is 0.493 e. The zero-order chi connectivity index (χ0) is 14.8. The average Bonchev–Trinajstić information content (AvgIpc) is 2.36. The highest BCUT2D eigenvalue weighted by molar-refractivity contribution is 5.68. The summed E-state index contributed by atoms with van der Waals surface area (Å²) in [6, 6.07) is 5.45. The number of ether oxygens (including phenoxy) is 2. The van der Waals surface area contributed by atoms with E-state index in [2.05, 4.69) is 11.2 Å². The van der Waals surface area contributed by atoms with Crippen molar-refractivity contribution in [1.29, 1.82) is 0 Å². The summed E-state index contributed by atoms with van der Waals surface area (Å²) >= 11 is 0. The van der Waals surface area contributed by atoms with Crippen molar-refractivity contribution in [3.05, 3.63) is 29.3 Å². The normalized spacial score (nSPS) is 17.4. The maximum Gasteiger partial charge on any atom is 0.408 e. The number of hydrogen-bond acceptors (Lipinski definition) is 3. The summed E-state index contributed by atoms with van der Waals surface area (Å²) in [6.45, 7) is 6.05. The second-order valence-corrected chi connectivity index (χ2v) is 5.73. The van der Waals surface area contributed by atoms with Gasteiger partial charge in [-0.15, -0.1) is 6.42 Å². The summed E-state index contributed by atoms with van der Waals surface area (Å²) in [5.41, 5.74) is 1.19. The molecular weight excluding hydrogens is 254 g/mol. The van der Waals surface area contributed by atoms with Gasteiger partial charge in [0.25, 0.3) is 0 Å². The molecule has 0 fully saturated rings. The lowest BCUT2D eigenvalue weighted by Crippen LogP contribution is -2.36. The van der Waals surface area contributed by atoms with Crippen LogP contribution in [0, 0.1) is 12.3 Å². The Kier molecular flexibility index (Phi) is 3.89. The number of terminal acetylenes is 1. The first-order chi connectivity index (χ1) is 9.39. The van der Waals surface area contributed by atoms with Gasteiger partial charge in [0.15, 0.2) is 0 Å². The number of rotatable bonds is 1. The fourth-order valence-corrected chi connectivity index (χ4v) is 2.08. The van der Waals surface area contributed by atoms with Gasteiger partial charge in [0.05, 0.1) is 12.6 Å². The molecule has 0 unspecified atom stereocenters. The first kappa shape index (κ1) is 14.3. The third-order valence-corrected chi connectivity index (χ3v) is 2.91. The number of fused-ring (bicyclic) bond motifs is 1. The molecule has 1 heterocycles. The fraction of sp³-hybridized carbons (Fsp3) is 0.438. The van der Waals surface area contributed by atoms with E-state index in [0.29, 0.717) is 13.0 Å². The molecule has 106 valence electrons. The van der Waals surface area contributed by atoms with Crippen LogP contribution in [0.15, 0.2) is 18.2 Å². The fourth-order valence-electron chi connectivity index (χ4n) is 2.08. The third kappa shape index (κ3) is 3.45. The minimum atomic E-state index is -0.509. The average molecular weight is 273 g/mol. The molecule has 4 nitrogen and oxygen atoms in total. The highest BCUT2D eigenvalue weighted by Gasteiger charge is 2.25. The van der Waals surface area contributed by atoms with Crippen molar-refractivity contribution in [1.82, 2.24) is 5.32 Å². The third-order valence-electron chi connectivity index (χ3n) is 2.91. The van der Waals surface area contributed by atoms with Gasteiger partial charge in [-0.05, 0) is 32.9 Å². The quantitative estimate of drug-likeness (QED) is 0.800.